The summed E-state index contributed by atoms with van der Waals surface area (Å²) in [6.45, 7) is 7.24. The van der Waals surface area contributed by atoms with Crippen molar-refractivity contribution in [3.63, 3.8) is 0 Å². The summed E-state index contributed by atoms with van der Waals surface area (Å²) >= 11 is 1.63. The van der Waals surface area contributed by atoms with Crippen LogP contribution in [0.3, 0.4) is 0 Å². The summed E-state index contributed by atoms with van der Waals surface area (Å²) in [7, 11) is 0. The van der Waals surface area contributed by atoms with Crippen LogP contribution >= 0.6 is 11.3 Å². The highest BCUT2D eigenvalue weighted by Gasteiger charge is 2.21. The van der Waals surface area contributed by atoms with Crippen molar-refractivity contribution in [1.82, 2.24) is 14.9 Å². The van der Waals surface area contributed by atoms with E-state index in [4.69, 9.17) is 9.47 Å². The van der Waals surface area contributed by atoms with Crippen LogP contribution in [0.15, 0.2) is 23.0 Å². The van der Waals surface area contributed by atoms with Crippen molar-refractivity contribution >= 4 is 27.5 Å². The molecule has 2 aromatic heterocycles. The Hall–Kier alpha value is -2.87. The highest BCUT2D eigenvalue weighted by atomic mass is 32.1. The van der Waals surface area contributed by atoms with Gasteiger partial charge in [0.05, 0.1) is 18.6 Å². The number of carbonyl (C=O) groups is 1. The van der Waals surface area contributed by atoms with Crippen LogP contribution in [0.1, 0.15) is 48.5 Å². The highest BCUT2D eigenvalue weighted by molar-refractivity contribution is 7.18. The molecule has 33 heavy (non-hydrogen) atoms. The summed E-state index contributed by atoms with van der Waals surface area (Å²) in [6.07, 6.45) is 4.86. The molecule has 1 aliphatic rings. The van der Waals surface area contributed by atoms with Crippen LogP contribution in [0.25, 0.3) is 10.2 Å². The molecule has 1 aromatic carbocycles. The zero-order valence-corrected chi connectivity index (χ0v) is 20.3. The molecule has 0 saturated heterocycles. The number of fused-ring (bicyclic) bond motifs is 3. The number of hydrogen-bond acceptors (Lipinski definition) is 6. The standard InChI is InChI=1S/C25H31N3O4S/c1-4-31-19-11-10-17(14-20(19)32-5-2)12-13-26-22(29)15-28-16(3)27-24-23(25(28)30)18-8-6-7-9-21(18)33-24/h10-11,14H,4-9,12-13,15H2,1-3H3,(H,26,29). The predicted molar refractivity (Wildman–Crippen MR) is 131 cm³/mol. The van der Waals surface area contributed by atoms with Crippen LogP contribution in [-0.2, 0) is 30.6 Å². The van der Waals surface area contributed by atoms with Gasteiger partial charge in [-0.15, -0.1) is 11.3 Å². The van der Waals surface area contributed by atoms with Crippen molar-refractivity contribution in [3.8, 4) is 11.5 Å². The monoisotopic (exact) mass is 469 g/mol. The molecule has 3 aromatic rings. The lowest BCUT2D eigenvalue weighted by atomic mass is 9.97. The SMILES string of the molecule is CCOc1ccc(CCNC(=O)Cn2c(C)nc3sc4c(c3c2=O)CCCC4)cc1OCC. The molecule has 7 nitrogen and oxygen atoms in total. The Morgan fingerprint density at radius 3 is 2.70 bits per heavy atom. The average molecular weight is 470 g/mol. The minimum Gasteiger partial charge on any atom is -0.490 e. The molecule has 1 aliphatic carbocycles. The van der Waals surface area contributed by atoms with Gasteiger partial charge in [0.15, 0.2) is 11.5 Å². The number of nitrogens with zero attached hydrogens (tertiary/aromatic N) is 2. The van der Waals surface area contributed by atoms with Gasteiger partial charge in [0, 0.05) is 11.4 Å². The molecule has 176 valence electrons. The molecule has 2 heterocycles. The van der Waals surface area contributed by atoms with Gasteiger partial charge in [-0.3, -0.25) is 14.2 Å². The number of rotatable bonds is 9. The van der Waals surface area contributed by atoms with E-state index < -0.39 is 0 Å². The molecule has 0 unspecified atom stereocenters. The lowest BCUT2D eigenvalue weighted by molar-refractivity contribution is -0.121. The van der Waals surface area contributed by atoms with Crippen molar-refractivity contribution in [2.75, 3.05) is 19.8 Å². The number of aryl methyl sites for hydroxylation is 3. The topological polar surface area (TPSA) is 82.5 Å². The average Bonchev–Trinajstić information content (AvgIpc) is 3.17. The summed E-state index contributed by atoms with van der Waals surface area (Å²) < 4.78 is 12.8. The Morgan fingerprint density at radius 2 is 1.91 bits per heavy atom. The summed E-state index contributed by atoms with van der Waals surface area (Å²) in [5.41, 5.74) is 2.09. The maximum Gasteiger partial charge on any atom is 0.263 e. The van der Waals surface area contributed by atoms with Gasteiger partial charge in [-0.05, 0) is 76.1 Å². The number of aromatic nitrogens is 2. The number of nitrogens with one attached hydrogen (secondary N) is 1. The molecule has 0 aliphatic heterocycles. The summed E-state index contributed by atoms with van der Waals surface area (Å²) in [6, 6.07) is 5.83. The first-order valence-corrected chi connectivity index (χ1v) is 12.5. The van der Waals surface area contributed by atoms with E-state index in [-0.39, 0.29) is 18.0 Å². The smallest absolute Gasteiger partial charge is 0.263 e. The molecule has 0 radical (unpaired) electrons. The number of carbonyl (C=O) groups excluding carboxylic acids is 1. The van der Waals surface area contributed by atoms with Gasteiger partial charge < -0.3 is 14.8 Å². The number of amides is 1. The molecule has 0 saturated carbocycles. The summed E-state index contributed by atoms with van der Waals surface area (Å²) in [4.78, 5) is 32.6. The van der Waals surface area contributed by atoms with E-state index in [0.717, 1.165) is 47.4 Å². The maximum absolute atomic E-state index is 13.2. The van der Waals surface area contributed by atoms with E-state index in [0.29, 0.717) is 43.1 Å². The number of hydrogen-bond donors (Lipinski definition) is 1. The van der Waals surface area contributed by atoms with Crippen LogP contribution in [-0.4, -0.2) is 35.2 Å². The van der Waals surface area contributed by atoms with E-state index in [2.05, 4.69) is 10.3 Å². The van der Waals surface area contributed by atoms with Crippen LogP contribution in [0.4, 0.5) is 0 Å². The normalized spacial score (nSPS) is 13.1. The maximum atomic E-state index is 13.2. The Kier molecular flexibility index (Phi) is 7.33. The second-order valence-corrected chi connectivity index (χ2v) is 9.27. The predicted octanol–water partition coefficient (Wildman–Crippen LogP) is 3.80. The fourth-order valence-electron chi connectivity index (χ4n) is 4.32. The molecule has 0 atom stereocenters. The van der Waals surface area contributed by atoms with Crippen LogP contribution in [0.5, 0.6) is 11.5 Å². The molecule has 0 fully saturated rings. The third-order valence-electron chi connectivity index (χ3n) is 5.91. The second kappa shape index (κ2) is 10.4. The van der Waals surface area contributed by atoms with Crippen molar-refractivity contribution < 1.29 is 14.3 Å². The number of benzene rings is 1. The molecular formula is C25H31N3O4S. The molecular weight excluding hydrogens is 438 g/mol. The van der Waals surface area contributed by atoms with Gasteiger partial charge in [-0.2, -0.15) is 0 Å². The first kappa shape index (κ1) is 23.3. The lowest BCUT2D eigenvalue weighted by Gasteiger charge is -2.13. The van der Waals surface area contributed by atoms with Gasteiger partial charge in [0.25, 0.3) is 5.56 Å². The zero-order valence-electron chi connectivity index (χ0n) is 19.5. The molecule has 0 spiro atoms. The van der Waals surface area contributed by atoms with E-state index >= 15 is 0 Å². The molecule has 1 amide bonds. The van der Waals surface area contributed by atoms with Gasteiger partial charge in [0.2, 0.25) is 5.91 Å². The Labute approximate surface area is 197 Å². The van der Waals surface area contributed by atoms with Gasteiger partial charge in [-0.1, -0.05) is 6.07 Å². The molecule has 0 bridgehead atoms. The van der Waals surface area contributed by atoms with E-state index in [1.807, 2.05) is 32.0 Å². The number of ether oxygens (including phenoxy) is 2. The highest BCUT2D eigenvalue weighted by Crippen LogP contribution is 2.33. The largest absolute Gasteiger partial charge is 0.490 e. The molecule has 4 rings (SSSR count). The Bertz CT molecular complexity index is 1210. The number of thiophene rings is 1. The zero-order chi connectivity index (χ0) is 23.4. The quantitative estimate of drug-likeness (QED) is 0.515. The van der Waals surface area contributed by atoms with Crippen molar-refractivity contribution in [2.45, 2.75) is 59.4 Å². The van der Waals surface area contributed by atoms with Crippen LogP contribution in [0, 0.1) is 6.92 Å². The Morgan fingerprint density at radius 1 is 1.15 bits per heavy atom. The molecule has 1 N–H and O–H groups in total. The second-order valence-electron chi connectivity index (χ2n) is 8.19. The van der Waals surface area contributed by atoms with Gasteiger partial charge in [-0.25, -0.2) is 4.98 Å². The van der Waals surface area contributed by atoms with E-state index in [1.165, 1.54) is 9.44 Å². The lowest BCUT2D eigenvalue weighted by Crippen LogP contribution is -2.35. The Balaban J connectivity index is 1.42. The van der Waals surface area contributed by atoms with Crippen LogP contribution < -0.4 is 20.3 Å². The first-order valence-electron chi connectivity index (χ1n) is 11.7. The summed E-state index contributed by atoms with van der Waals surface area (Å²) in [5.74, 6) is 1.82. The fraction of sp³-hybridized carbons (Fsp3) is 0.480. The van der Waals surface area contributed by atoms with E-state index in [1.54, 1.807) is 18.3 Å². The van der Waals surface area contributed by atoms with Crippen molar-refractivity contribution in [1.29, 1.82) is 0 Å². The first-order chi connectivity index (χ1) is 16.0. The minimum atomic E-state index is -0.193. The van der Waals surface area contributed by atoms with Crippen molar-refractivity contribution in [3.05, 3.63) is 50.4 Å². The van der Waals surface area contributed by atoms with Crippen molar-refractivity contribution in [2.24, 2.45) is 0 Å². The molecule has 8 heteroatoms. The van der Waals surface area contributed by atoms with Gasteiger partial charge in [0.1, 0.15) is 17.2 Å². The third-order valence-corrected chi connectivity index (χ3v) is 7.10. The summed E-state index contributed by atoms with van der Waals surface area (Å²) in [5, 5.41) is 3.65. The van der Waals surface area contributed by atoms with Crippen LogP contribution in [0.2, 0.25) is 0 Å². The third kappa shape index (κ3) is 5.05. The fourth-order valence-corrected chi connectivity index (χ4v) is 5.62. The minimum absolute atomic E-state index is 0.0221. The van der Waals surface area contributed by atoms with Gasteiger partial charge >= 0.3 is 0 Å². The van der Waals surface area contributed by atoms with E-state index in [9.17, 15) is 9.59 Å².